The molecule has 2 heteroatoms. The molecule has 1 aliphatic carbocycles. The van der Waals surface area contributed by atoms with E-state index in [1.54, 1.807) is 7.11 Å². The van der Waals surface area contributed by atoms with Gasteiger partial charge < -0.3 is 4.74 Å². The summed E-state index contributed by atoms with van der Waals surface area (Å²) >= 11 is 0. The lowest BCUT2D eigenvalue weighted by Crippen LogP contribution is -2.17. The minimum Gasteiger partial charge on any atom is -0.481 e. The Labute approximate surface area is 104 Å². The van der Waals surface area contributed by atoms with E-state index in [2.05, 4.69) is 37.9 Å². The van der Waals surface area contributed by atoms with Gasteiger partial charge in [-0.1, -0.05) is 40.0 Å². The molecule has 0 N–H and O–H groups in total. The smallest absolute Gasteiger partial charge is 0.213 e. The van der Waals surface area contributed by atoms with Crippen LogP contribution in [0.1, 0.15) is 51.3 Å². The monoisotopic (exact) mass is 233 g/mol. The molecule has 0 bridgehead atoms. The molecule has 2 nitrogen and oxygen atoms in total. The molecule has 0 atom stereocenters. The normalized spacial score (nSPS) is 16.7. The molecule has 0 aliphatic heterocycles. The first-order valence-corrected chi connectivity index (χ1v) is 6.54. The summed E-state index contributed by atoms with van der Waals surface area (Å²) in [5, 5.41) is 0. The van der Waals surface area contributed by atoms with Crippen molar-refractivity contribution in [3.63, 3.8) is 0 Å². The molecular weight excluding hydrogens is 210 g/mol. The van der Waals surface area contributed by atoms with Gasteiger partial charge in [0.1, 0.15) is 0 Å². The van der Waals surface area contributed by atoms with Gasteiger partial charge >= 0.3 is 0 Å². The second kappa shape index (κ2) is 4.67. The number of hydrogen-bond acceptors (Lipinski definition) is 2. The van der Waals surface area contributed by atoms with Gasteiger partial charge in [-0.2, -0.15) is 0 Å². The van der Waals surface area contributed by atoms with Crippen molar-refractivity contribution in [3.8, 4) is 5.88 Å². The zero-order valence-corrected chi connectivity index (χ0v) is 11.4. The molecule has 94 valence electrons. The maximum atomic E-state index is 5.31. The Morgan fingerprint density at radius 2 is 2.00 bits per heavy atom. The van der Waals surface area contributed by atoms with Gasteiger partial charge in [0.05, 0.1) is 7.11 Å². The summed E-state index contributed by atoms with van der Waals surface area (Å²) in [4.78, 5) is 4.57. The highest BCUT2D eigenvalue weighted by molar-refractivity contribution is 5.30. The van der Waals surface area contributed by atoms with E-state index < -0.39 is 0 Å². The summed E-state index contributed by atoms with van der Waals surface area (Å²) in [6.07, 6.45) is 5.23. The first kappa shape index (κ1) is 12.4. The second-order valence-corrected chi connectivity index (χ2v) is 6.14. The minimum absolute atomic E-state index is 0.157. The zero-order chi connectivity index (χ0) is 12.5. The molecule has 0 saturated heterocycles. The lowest BCUT2D eigenvalue weighted by molar-refractivity contribution is 0.310. The molecule has 1 saturated carbocycles. The summed E-state index contributed by atoms with van der Waals surface area (Å²) < 4.78 is 5.31. The summed E-state index contributed by atoms with van der Waals surface area (Å²) in [6.45, 7) is 6.69. The highest BCUT2D eigenvalue weighted by Crippen LogP contribution is 2.31. The molecule has 0 aromatic carbocycles. The van der Waals surface area contributed by atoms with Crippen molar-refractivity contribution in [3.05, 3.63) is 23.4 Å². The van der Waals surface area contributed by atoms with Gasteiger partial charge in [0.2, 0.25) is 5.88 Å². The van der Waals surface area contributed by atoms with Crippen LogP contribution in [-0.2, 0) is 11.8 Å². The predicted molar refractivity (Wildman–Crippen MR) is 70.5 cm³/mol. The van der Waals surface area contributed by atoms with E-state index in [0.29, 0.717) is 0 Å². The number of methoxy groups -OCH3 is 1. The number of pyridine rings is 1. The van der Waals surface area contributed by atoms with Crippen LogP contribution >= 0.6 is 0 Å². The van der Waals surface area contributed by atoms with Gasteiger partial charge in [-0.05, 0) is 29.4 Å². The minimum atomic E-state index is 0.157. The first-order chi connectivity index (χ1) is 7.99. The van der Waals surface area contributed by atoms with Crippen molar-refractivity contribution in [1.82, 2.24) is 4.98 Å². The van der Waals surface area contributed by atoms with Gasteiger partial charge in [0.25, 0.3) is 0 Å². The third-order valence-corrected chi connectivity index (χ3v) is 3.65. The Hall–Kier alpha value is -1.05. The molecule has 0 radical (unpaired) electrons. The number of rotatable bonds is 3. The standard InChI is InChI=1S/C15H23NO/c1-15(2,3)12-9-13(8-11-6-5-7-11)16-14(10-12)17-4/h9-11H,5-8H2,1-4H3. The van der Waals surface area contributed by atoms with Crippen LogP contribution < -0.4 is 4.74 Å². The van der Waals surface area contributed by atoms with Crippen molar-refractivity contribution in [1.29, 1.82) is 0 Å². The van der Waals surface area contributed by atoms with Crippen LogP contribution in [0, 0.1) is 5.92 Å². The molecule has 1 aromatic rings. The fourth-order valence-electron chi connectivity index (χ4n) is 2.20. The summed E-state index contributed by atoms with van der Waals surface area (Å²) in [7, 11) is 1.70. The average Bonchev–Trinajstić information content (AvgIpc) is 2.22. The molecule has 1 fully saturated rings. The number of hydrogen-bond donors (Lipinski definition) is 0. The first-order valence-electron chi connectivity index (χ1n) is 6.54. The zero-order valence-electron chi connectivity index (χ0n) is 11.4. The molecular formula is C15H23NO. The molecule has 0 unspecified atom stereocenters. The van der Waals surface area contributed by atoms with E-state index in [0.717, 1.165) is 18.2 Å². The molecule has 0 amide bonds. The summed E-state index contributed by atoms with van der Waals surface area (Å²) in [6, 6.07) is 4.31. The van der Waals surface area contributed by atoms with Crippen molar-refractivity contribution in [2.45, 2.75) is 51.9 Å². The van der Waals surface area contributed by atoms with Crippen LogP contribution in [0.25, 0.3) is 0 Å². The van der Waals surface area contributed by atoms with Crippen LogP contribution in [0.2, 0.25) is 0 Å². The second-order valence-electron chi connectivity index (χ2n) is 6.14. The van der Waals surface area contributed by atoms with E-state index in [4.69, 9.17) is 4.74 Å². The summed E-state index contributed by atoms with van der Waals surface area (Å²) in [5.41, 5.74) is 2.67. The van der Waals surface area contributed by atoms with E-state index in [1.165, 1.54) is 30.5 Å². The Bertz CT molecular complexity index is 388. The average molecular weight is 233 g/mol. The maximum absolute atomic E-state index is 5.31. The summed E-state index contributed by atoms with van der Waals surface area (Å²) in [5.74, 6) is 1.61. The number of aromatic nitrogens is 1. The third-order valence-electron chi connectivity index (χ3n) is 3.65. The van der Waals surface area contributed by atoms with Crippen molar-refractivity contribution < 1.29 is 4.74 Å². The molecule has 2 rings (SSSR count). The van der Waals surface area contributed by atoms with Crippen LogP contribution in [0.15, 0.2) is 12.1 Å². The van der Waals surface area contributed by atoms with Gasteiger partial charge in [-0.15, -0.1) is 0 Å². The molecule has 0 spiro atoms. The molecule has 17 heavy (non-hydrogen) atoms. The highest BCUT2D eigenvalue weighted by atomic mass is 16.5. The lowest BCUT2D eigenvalue weighted by Gasteiger charge is -2.26. The molecule has 1 aliphatic rings. The van der Waals surface area contributed by atoms with Crippen molar-refractivity contribution in [2.75, 3.05) is 7.11 Å². The predicted octanol–water partition coefficient (Wildman–Crippen LogP) is 3.73. The van der Waals surface area contributed by atoms with Crippen LogP contribution in [0.5, 0.6) is 5.88 Å². The molecule has 1 heterocycles. The van der Waals surface area contributed by atoms with Crippen molar-refractivity contribution >= 4 is 0 Å². The number of ether oxygens (including phenoxy) is 1. The van der Waals surface area contributed by atoms with Crippen LogP contribution in [0.3, 0.4) is 0 Å². The van der Waals surface area contributed by atoms with E-state index in [9.17, 15) is 0 Å². The van der Waals surface area contributed by atoms with E-state index >= 15 is 0 Å². The Morgan fingerprint density at radius 1 is 1.29 bits per heavy atom. The topological polar surface area (TPSA) is 22.1 Å². The molecule has 1 aromatic heterocycles. The lowest BCUT2D eigenvalue weighted by atomic mass is 9.81. The van der Waals surface area contributed by atoms with Crippen LogP contribution in [0.4, 0.5) is 0 Å². The SMILES string of the molecule is COc1cc(C(C)(C)C)cc(CC2CCC2)n1. The fourth-order valence-corrected chi connectivity index (χ4v) is 2.20. The Morgan fingerprint density at radius 3 is 2.47 bits per heavy atom. The maximum Gasteiger partial charge on any atom is 0.213 e. The van der Waals surface area contributed by atoms with Crippen LogP contribution in [-0.4, -0.2) is 12.1 Å². The van der Waals surface area contributed by atoms with Gasteiger partial charge in [0.15, 0.2) is 0 Å². The van der Waals surface area contributed by atoms with Gasteiger partial charge in [0, 0.05) is 11.8 Å². The Kier molecular flexibility index (Phi) is 3.41. The quantitative estimate of drug-likeness (QED) is 0.793. The van der Waals surface area contributed by atoms with E-state index in [-0.39, 0.29) is 5.41 Å². The van der Waals surface area contributed by atoms with Gasteiger partial charge in [-0.25, -0.2) is 4.98 Å². The third kappa shape index (κ3) is 2.99. The fraction of sp³-hybridized carbons (Fsp3) is 0.667. The van der Waals surface area contributed by atoms with Gasteiger partial charge in [-0.3, -0.25) is 0 Å². The Balaban J connectivity index is 2.24. The largest absolute Gasteiger partial charge is 0.481 e. The van der Waals surface area contributed by atoms with Crippen molar-refractivity contribution in [2.24, 2.45) is 5.92 Å². The highest BCUT2D eigenvalue weighted by Gasteiger charge is 2.21. The van der Waals surface area contributed by atoms with E-state index in [1.807, 2.05) is 0 Å². The number of nitrogens with zero attached hydrogens (tertiary/aromatic N) is 1.